The second kappa shape index (κ2) is 12.2. The summed E-state index contributed by atoms with van der Waals surface area (Å²) in [7, 11) is 0. The summed E-state index contributed by atoms with van der Waals surface area (Å²) in [5, 5.41) is 5.05. The molecule has 0 saturated carbocycles. The number of amides is 2. The average Bonchev–Trinajstić information content (AvgIpc) is 2.78. The van der Waals surface area contributed by atoms with Crippen LogP contribution in [0.15, 0.2) is 48.5 Å². The summed E-state index contributed by atoms with van der Waals surface area (Å²) in [5.41, 5.74) is 1.24. The largest absolute Gasteiger partial charge is 0.494 e. The first-order valence-corrected chi connectivity index (χ1v) is 10.4. The van der Waals surface area contributed by atoms with Crippen LogP contribution in [0.1, 0.15) is 54.3 Å². The summed E-state index contributed by atoms with van der Waals surface area (Å²) < 4.78 is 10.6. The molecule has 2 amide bonds. The molecular weight excluding hydrogens is 412 g/mol. The molecule has 2 aromatic rings. The third-order valence-electron chi connectivity index (χ3n) is 4.49. The number of anilines is 1. The molecule has 2 rings (SSSR count). The van der Waals surface area contributed by atoms with Crippen LogP contribution in [0.4, 0.5) is 5.69 Å². The van der Waals surface area contributed by atoms with Gasteiger partial charge in [-0.2, -0.15) is 0 Å². The highest BCUT2D eigenvalue weighted by molar-refractivity contribution is 5.99. The zero-order valence-electron chi connectivity index (χ0n) is 18.5. The molecule has 0 aliphatic rings. The van der Waals surface area contributed by atoms with Gasteiger partial charge >= 0.3 is 5.97 Å². The molecule has 2 aromatic carbocycles. The van der Waals surface area contributed by atoms with Gasteiger partial charge in [-0.1, -0.05) is 25.5 Å². The highest BCUT2D eigenvalue weighted by Crippen LogP contribution is 2.13. The number of carbonyl (C=O) groups excluding carboxylic acids is 4. The number of ketones is 1. The molecule has 8 heteroatoms. The molecule has 1 atom stereocenters. The summed E-state index contributed by atoms with van der Waals surface area (Å²) in [6, 6.07) is 13.0. The predicted octanol–water partition coefficient (Wildman–Crippen LogP) is 3.37. The van der Waals surface area contributed by atoms with Gasteiger partial charge in [0.2, 0.25) is 0 Å². The molecule has 170 valence electrons. The lowest BCUT2D eigenvalue weighted by Gasteiger charge is -2.14. The van der Waals surface area contributed by atoms with Crippen LogP contribution >= 0.6 is 0 Å². The SMILES string of the molecule is CCCCOc1ccc(C(=O)NCC(=O)OC(C)C(=O)Nc2cccc(C(C)=O)c2)cc1. The molecule has 0 bridgehead atoms. The van der Waals surface area contributed by atoms with E-state index >= 15 is 0 Å². The van der Waals surface area contributed by atoms with E-state index in [1.807, 2.05) is 0 Å². The van der Waals surface area contributed by atoms with E-state index in [1.54, 1.807) is 42.5 Å². The molecule has 0 radical (unpaired) electrons. The van der Waals surface area contributed by atoms with Crippen LogP contribution in [-0.4, -0.2) is 42.8 Å². The molecule has 8 nitrogen and oxygen atoms in total. The molecule has 32 heavy (non-hydrogen) atoms. The topological polar surface area (TPSA) is 111 Å². The van der Waals surface area contributed by atoms with E-state index in [2.05, 4.69) is 17.6 Å². The number of benzene rings is 2. The van der Waals surface area contributed by atoms with Gasteiger partial charge in [-0.05, 0) is 56.7 Å². The molecule has 0 saturated heterocycles. The molecule has 2 N–H and O–H groups in total. The third-order valence-corrected chi connectivity index (χ3v) is 4.49. The Labute approximate surface area is 187 Å². The molecule has 0 aromatic heterocycles. The Morgan fingerprint density at radius 1 is 1.00 bits per heavy atom. The molecular formula is C24H28N2O6. The zero-order valence-corrected chi connectivity index (χ0v) is 18.5. The summed E-state index contributed by atoms with van der Waals surface area (Å²) in [6.07, 6.45) is 0.898. The summed E-state index contributed by atoms with van der Waals surface area (Å²) in [4.78, 5) is 47.9. The van der Waals surface area contributed by atoms with E-state index in [0.29, 0.717) is 29.2 Å². The number of hydrogen-bond acceptors (Lipinski definition) is 6. The lowest BCUT2D eigenvalue weighted by atomic mass is 10.1. The Morgan fingerprint density at radius 2 is 1.72 bits per heavy atom. The number of Topliss-reactive ketones (excluding diaryl/α,β-unsaturated/α-hetero) is 1. The Morgan fingerprint density at radius 3 is 2.38 bits per heavy atom. The Balaban J connectivity index is 1.79. The van der Waals surface area contributed by atoms with Crippen LogP contribution in [0.25, 0.3) is 0 Å². The lowest BCUT2D eigenvalue weighted by molar-refractivity contribution is -0.152. The fourth-order valence-corrected chi connectivity index (χ4v) is 2.64. The van der Waals surface area contributed by atoms with Crippen LogP contribution < -0.4 is 15.4 Å². The zero-order chi connectivity index (χ0) is 23.5. The van der Waals surface area contributed by atoms with Crippen molar-refractivity contribution in [1.29, 1.82) is 0 Å². The molecule has 1 unspecified atom stereocenters. The van der Waals surface area contributed by atoms with Crippen molar-refractivity contribution < 1.29 is 28.7 Å². The minimum absolute atomic E-state index is 0.130. The molecule has 0 heterocycles. The van der Waals surface area contributed by atoms with E-state index < -0.39 is 23.9 Å². The number of nitrogens with one attached hydrogen (secondary N) is 2. The molecule has 0 aliphatic heterocycles. The van der Waals surface area contributed by atoms with E-state index in [-0.39, 0.29) is 12.3 Å². The monoisotopic (exact) mass is 440 g/mol. The quantitative estimate of drug-likeness (QED) is 0.315. The highest BCUT2D eigenvalue weighted by Gasteiger charge is 2.19. The standard InChI is InChI=1S/C24H28N2O6/c1-4-5-13-31-21-11-9-18(10-12-21)24(30)25-15-22(28)32-17(3)23(29)26-20-8-6-7-19(14-20)16(2)27/h6-12,14,17H,4-5,13,15H2,1-3H3,(H,25,30)(H,26,29). The number of esters is 1. The maximum Gasteiger partial charge on any atom is 0.326 e. The summed E-state index contributed by atoms with van der Waals surface area (Å²) in [6.45, 7) is 5.15. The van der Waals surface area contributed by atoms with Crippen molar-refractivity contribution in [2.45, 2.75) is 39.7 Å². The van der Waals surface area contributed by atoms with Gasteiger partial charge in [0.25, 0.3) is 11.8 Å². The van der Waals surface area contributed by atoms with Gasteiger partial charge in [0.15, 0.2) is 11.9 Å². The van der Waals surface area contributed by atoms with Crippen LogP contribution in [0.3, 0.4) is 0 Å². The first-order valence-electron chi connectivity index (χ1n) is 10.4. The van der Waals surface area contributed by atoms with Crippen LogP contribution in [0.2, 0.25) is 0 Å². The predicted molar refractivity (Wildman–Crippen MR) is 120 cm³/mol. The van der Waals surface area contributed by atoms with Crippen LogP contribution in [0, 0.1) is 0 Å². The van der Waals surface area contributed by atoms with Gasteiger partial charge in [-0.25, -0.2) is 0 Å². The van der Waals surface area contributed by atoms with Gasteiger partial charge < -0.3 is 20.1 Å². The first kappa shape index (κ1) is 24.6. The molecule has 0 aliphatic carbocycles. The fraction of sp³-hybridized carbons (Fsp3) is 0.333. The van der Waals surface area contributed by atoms with E-state index in [9.17, 15) is 19.2 Å². The van der Waals surface area contributed by atoms with Crippen molar-refractivity contribution in [3.05, 3.63) is 59.7 Å². The Kier molecular flexibility index (Phi) is 9.41. The molecule has 0 fully saturated rings. The maximum atomic E-state index is 12.2. The van der Waals surface area contributed by atoms with Gasteiger partial charge in [-0.15, -0.1) is 0 Å². The summed E-state index contributed by atoms with van der Waals surface area (Å²) in [5.74, 6) is -1.21. The van der Waals surface area contributed by atoms with Crippen molar-refractivity contribution in [3.63, 3.8) is 0 Å². The van der Waals surface area contributed by atoms with Gasteiger partial charge in [0.1, 0.15) is 12.3 Å². The summed E-state index contributed by atoms with van der Waals surface area (Å²) >= 11 is 0. The van der Waals surface area contributed by atoms with Gasteiger partial charge in [-0.3, -0.25) is 19.2 Å². The minimum atomic E-state index is -1.08. The molecule has 0 spiro atoms. The normalized spacial score (nSPS) is 11.2. The minimum Gasteiger partial charge on any atom is -0.494 e. The number of carbonyl (C=O) groups is 4. The maximum absolute atomic E-state index is 12.2. The van der Waals surface area contributed by atoms with Crippen molar-refractivity contribution >= 4 is 29.3 Å². The third kappa shape index (κ3) is 7.86. The van der Waals surface area contributed by atoms with Crippen molar-refractivity contribution in [3.8, 4) is 5.75 Å². The Bertz CT molecular complexity index is 955. The van der Waals surface area contributed by atoms with E-state index in [1.165, 1.54) is 19.9 Å². The second-order valence-corrected chi connectivity index (χ2v) is 7.17. The van der Waals surface area contributed by atoms with Crippen molar-refractivity contribution in [2.75, 3.05) is 18.5 Å². The second-order valence-electron chi connectivity index (χ2n) is 7.17. The van der Waals surface area contributed by atoms with Gasteiger partial charge in [0.05, 0.1) is 6.61 Å². The van der Waals surface area contributed by atoms with E-state index in [0.717, 1.165) is 12.8 Å². The lowest BCUT2D eigenvalue weighted by Crippen LogP contribution is -2.35. The van der Waals surface area contributed by atoms with Crippen molar-refractivity contribution in [1.82, 2.24) is 5.32 Å². The fourth-order valence-electron chi connectivity index (χ4n) is 2.64. The van der Waals surface area contributed by atoms with Crippen LogP contribution in [-0.2, 0) is 14.3 Å². The van der Waals surface area contributed by atoms with Crippen LogP contribution in [0.5, 0.6) is 5.75 Å². The number of rotatable bonds is 11. The smallest absolute Gasteiger partial charge is 0.326 e. The number of hydrogen-bond donors (Lipinski definition) is 2. The highest BCUT2D eigenvalue weighted by atomic mass is 16.5. The average molecular weight is 440 g/mol. The van der Waals surface area contributed by atoms with Gasteiger partial charge in [0, 0.05) is 16.8 Å². The van der Waals surface area contributed by atoms with E-state index in [4.69, 9.17) is 9.47 Å². The Hall–Kier alpha value is -3.68. The van der Waals surface area contributed by atoms with Crippen molar-refractivity contribution in [2.24, 2.45) is 0 Å². The number of ether oxygens (including phenoxy) is 2. The number of unbranched alkanes of at least 4 members (excludes halogenated alkanes) is 1. The first-order chi connectivity index (χ1) is 15.3.